The minimum absolute atomic E-state index is 0.908. The van der Waals surface area contributed by atoms with E-state index in [-0.39, 0.29) is 0 Å². The predicted octanol–water partition coefficient (Wildman–Crippen LogP) is 18.7. The standard InChI is InChI=1S/C62H45NO.C2H6/c1-42-14-6-7-21-55(42)57-24-12-23-56(43(57)2)50-19-10-17-48(40-50)46-30-36-53(37-31-46)63(52-34-28-45(29-35-52)44-15-4-3-5-16-44)54-38-32-47(33-39-54)49-18-11-20-51(41-49)58-25-13-26-60-59-22-8-9-27-61(59)64-62(58)60;1-2/h3-41H,1-2H3;1-2H3. The summed E-state index contributed by atoms with van der Waals surface area (Å²) in [6.45, 7) is 8.43. The number of hydrogen-bond donors (Lipinski definition) is 0. The number of furan rings is 1. The molecule has 1 heterocycles. The van der Waals surface area contributed by atoms with E-state index in [9.17, 15) is 0 Å². The van der Waals surface area contributed by atoms with Crippen LogP contribution in [0.2, 0.25) is 0 Å². The van der Waals surface area contributed by atoms with Crippen LogP contribution in [-0.2, 0) is 0 Å². The van der Waals surface area contributed by atoms with Crippen molar-refractivity contribution in [2.45, 2.75) is 27.7 Å². The Balaban J connectivity index is 0.00000252. The maximum atomic E-state index is 6.42. The molecule has 11 rings (SSSR count). The lowest BCUT2D eigenvalue weighted by Crippen LogP contribution is -2.09. The minimum Gasteiger partial charge on any atom is -0.455 e. The summed E-state index contributed by atoms with van der Waals surface area (Å²) in [4.78, 5) is 2.35. The van der Waals surface area contributed by atoms with Gasteiger partial charge in [-0.3, -0.25) is 0 Å². The average Bonchev–Trinajstić information content (AvgIpc) is 3.78. The lowest BCUT2D eigenvalue weighted by molar-refractivity contribution is 0.670. The van der Waals surface area contributed by atoms with Crippen molar-refractivity contribution in [3.05, 3.63) is 248 Å². The smallest absolute Gasteiger partial charge is 0.143 e. The second-order valence-corrected chi connectivity index (χ2v) is 16.6. The third kappa shape index (κ3) is 8.10. The molecule has 0 aliphatic rings. The first-order valence-electron chi connectivity index (χ1n) is 23.0. The molecular formula is C64H51NO. The van der Waals surface area contributed by atoms with E-state index in [2.05, 4.69) is 243 Å². The molecule has 0 atom stereocenters. The highest BCUT2D eigenvalue weighted by atomic mass is 16.3. The fourth-order valence-electron chi connectivity index (χ4n) is 9.31. The number of aryl methyl sites for hydroxylation is 1. The molecule has 10 aromatic carbocycles. The first-order chi connectivity index (χ1) is 32.6. The normalized spacial score (nSPS) is 11.0. The van der Waals surface area contributed by atoms with Crippen LogP contribution in [0.25, 0.3) is 88.7 Å². The van der Waals surface area contributed by atoms with Gasteiger partial charge in [0, 0.05) is 33.4 Å². The molecule has 0 saturated heterocycles. The van der Waals surface area contributed by atoms with Crippen molar-refractivity contribution in [1.82, 2.24) is 0 Å². The highest BCUT2D eigenvalue weighted by Gasteiger charge is 2.17. The Labute approximate surface area is 388 Å². The SMILES string of the molecule is CC.Cc1ccccc1-c1cccc(-c2cccc(-c3ccc(N(c4ccc(-c5ccccc5)cc4)c4ccc(-c5cccc(-c6cccc7c6oc6ccccc67)c5)cc4)cc3)c2)c1C. The first-order valence-corrected chi connectivity index (χ1v) is 23.0. The van der Waals surface area contributed by atoms with Gasteiger partial charge in [0.2, 0.25) is 0 Å². The quantitative estimate of drug-likeness (QED) is 0.144. The Bertz CT molecular complexity index is 3430. The van der Waals surface area contributed by atoms with Gasteiger partial charge in [0.15, 0.2) is 0 Å². The zero-order valence-electron chi connectivity index (χ0n) is 37.9. The number of rotatable bonds is 9. The van der Waals surface area contributed by atoms with Crippen molar-refractivity contribution >= 4 is 39.0 Å². The molecule has 66 heavy (non-hydrogen) atoms. The van der Waals surface area contributed by atoms with Gasteiger partial charge in [-0.1, -0.05) is 196 Å². The molecule has 1 aromatic heterocycles. The van der Waals surface area contributed by atoms with Gasteiger partial charge in [-0.2, -0.15) is 0 Å². The van der Waals surface area contributed by atoms with Crippen LogP contribution in [0.4, 0.5) is 17.1 Å². The molecule has 2 nitrogen and oxygen atoms in total. The molecule has 0 saturated carbocycles. The van der Waals surface area contributed by atoms with Gasteiger partial charge in [0.05, 0.1) is 0 Å². The molecule has 0 unspecified atom stereocenters. The Morgan fingerprint density at radius 3 is 1.33 bits per heavy atom. The van der Waals surface area contributed by atoms with Crippen LogP contribution in [0.3, 0.4) is 0 Å². The zero-order chi connectivity index (χ0) is 45.0. The van der Waals surface area contributed by atoms with Crippen LogP contribution in [0.1, 0.15) is 25.0 Å². The van der Waals surface area contributed by atoms with Crippen LogP contribution in [0.5, 0.6) is 0 Å². The second-order valence-electron chi connectivity index (χ2n) is 16.6. The van der Waals surface area contributed by atoms with Crippen LogP contribution < -0.4 is 4.90 Å². The maximum Gasteiger partial charge on any atom is 0.143 e. The van der Waals surface area contributed by atoms with E-state index in [0.717, 1.165) is 61.3 Å². The molecular weight excluding hydrogens is 799 g/mol. The van der Waals surface area contributed by atoms with Gasteiger partial charge in [0.25, 0.3) is 0 Å². The van der Waals surface area contributed by atoms with Crippen molar-refractivity contribution < 1.29 is 4.42 Å². The Morgan fingerprint density at radius 1 is 0.303 bits per heavy atom. The highest BCUT2D eigenvalue weighted by Crippen LogP contribution is 2.41. The summed E-state index contributed by atoms with van der Waals surface area (Å²) in [7, 11) is 0. The van der Waals surface area contributed by atoms with E-state index in [1.54, 1.807) is 0 Å². The number of nitrogens with zero attached hydrogens (tertiary/aromatic N) is 1. The van der Waals surface area contributed by atoms with Crippen LogP contribution in [0.15, 0.2) is 241 Å². The summed E-state index contributed by atoms with van der Waals surface area (Å²) in [5, 5.41) is 2.27. The first kappa shape index (κ1) is 41.8. The molecule has 0 radical (unpaired) electrons. The zero-order valence-corrected chi connectivity index (χ0v) is 37.9. The molecule has 2 heteroatoms. The van der Waals surface area contributed by atoms with Crippen molar-refractivity contribution in [2.75, 3.05) is 4.90 Å². The fourth-order valence-corrected chi connectivity index (χ4v) is 9.31. The van der Waals surface area contributed by atoms with Gasteiger partial charge in [-0.15, -0.1) is 0 Å². The number of benzene rings is 10. The Morgan fingerprint density at radius 2 is 0.712 bits per heavy atom. The lowest BCUT2D eigenvalue weighted by atomic mass is 9.90. The number of anilines is 3. The summed E-state index contributed by atoms with van der Waals surface area (Å²) in [6, 6.07) is 85.1. The molecule has 11 aromatic rings. The van der Waals surface area contributed by atoms with Gasteiger partial charge in [-0.25, -0.2) is 0 Å². The monoisotopic (exact) mass is 849 g/mol. The van der Waals surface area contributed by atoms with E-state index in [4.69, 9.17) is 4.42 Å². The molecule has 0 spiro atoms. The number of para-hydroxylation sites is 2. The third-order valence-corrected chi connectivity index (χ3v) is 12.7. The molecule has 0 fully saturated rings. The summed E-state index contributed by atoms with van der Waals surface area (Å²) >= 11 is 0. The van der Waals surface area contributed by atoms with Gasteiger partial charge >= 0.3 is 0 Å². The van der Waals surface area contributed by atoms with Crippen LogP contribution in [-0.4, -0.2) is 0 Å². The van der Waals surface area contributed by atoms with E-state index in [1.807, 2.05) is 26.0 Å². The molecule has 0 amide bonds. The third-order valence-electron chi connectivity index (χ3n) is 12.7. The molecule has 0 aliphatic heterocycles. The second kappa shape index (κ2) is 18.5. The molecule has 0 N–H and O–H groups in total. The van der Waals surface area contributed by atoms with E-state index >= 15 is 0 Å². The van der Waals surface area contributed by atoms with Crippen molar-refractivity contribution in [1.29, 1.82) is 0 Å². The number of fused-ring (bicyclic) bond motifs is 3. The summed E-state index contributed by atoms with van der Waals surface area (Å²) in [5.41, 5.74) is 22.0. The van der Waals surface area contributed by atoms with Crippen molar-refractivity contribution in [3.8, 4) is 66.8 Å². The van der Waals surface area contributed by atoms with Gasteiger partial charge < -0.3 is 9.32 Å². The number of hydrogen-bond acceptors (Lipinski definition) is 2. The largest absolute Gasteiger partial charge is 0.455 e. The summed E-state index contributed by atoms with van der Waals surface area (Å²) in [5.74, 6) is 0. The topological polar surface area (TPSA) is 16.4 Å². The molecule has 0 bridgehead atoms. The average molecular weight is 850 g/mol. The Kier molecular flexibility index (Phi) is 11.7. The van der Waals surface area contributed by atoms with E-state index in [1.165, 1.54) is 55.6 Å². The maximum absolute atomic E-state index is 6.42. The predicted molar refractivity (Wildman–Crippen MR) is 282 cm³/mol. The van der Waals surface area contributed by atoms with Gasteiger partial charge in [0.1, 0.15) is 11.2 Å². The Hall–Kier alpha value is -8.20. The van der Waals surface area contributed by atoms with E-state index < -0.39 is 0 Å². The minimum atomic E-state index is 0.908. The summed E-state index contributed by atoms with van der Waals surface area (Å²) in [6.07, 6.45) is 0. The summed E-state index contributed by atoms with van der Waals surface area (Å²) < 4.78 is 6.42. The molecule has 0 aliphatic carbocycles. The van der Waals surface area contributed by atoms with Gasteiger partial charge in [-0.05, 0) is 141 Å². The van der Waals surface area contributed by atoms with E-state index in [0.29, 0.717) is 0 Å². The van der Waals surface area contributed by atoms with Crippen LogP contribution in [0, 0.1) is 13.8 Å². The van der Waals surface area contributed by atoms with Crippen molar-refractivity contribution in [2.24, 2.45) is 0 Å². The highest BCUT2D eigenvalue weighted by molar-refractivity contribution is 6.09. The fraction of sp³-hybridized carbons (Fsp3) is 0.0625. The lowest BCUT2D eigenvalue weighted by Gasteiger charge is -2.26. The van der Waals surface area contributed by atoms with Crippen LogP contribution >= 0.6 is 0 Å². The van der Waals surface area contributed by atoms with Crippen molar-refractivity contribution in [3.63, 3.8) is 0 Å². The molecule has 318 valence electrons.